The number of epoxide rings is 1. The Kier molecular flexibility index (Phi) is 7.52. The van der Waals surface area contributed by atoms with Crippen LogP contribution in [0.25, 0.3) is 0 Å². The second-order valence-electron chi connectivity index (χ2n) is 13.8. The first-order chi connectivity index (χ1) is 19.6. The van der Waals surface area contributed by atoms with Gasteiger partial charge in [0.25, 0.3) is 0 Å². The SMILES string of the molecule is CC(C)(C)[Si](C)(C)Oc1ccc(COC(=O)N2c3ccccc3[C@@]34O[C@H]3[C@@H]2C#C/C=C\C#C[C@@]4(C)O[Si](C)(C)C)cc1. The molecule has 6 nitrogen and oxygen atoms in total. The van der Waals surface area contributed by atoms with Gasteiger partial charge in [-0.2, -0.15) is 0 Å². The van der Waals surface area contributed by atoms with Crippen LogP contribution in [0.3, 0.4) is 0 Å². The predicted molar refractivity (Wildman–Crippen MR) is 171 cm³/mol. The number of hydrogen-bond donors (Lipinski definition) is 0. The summed E-state index contributed by atoms with van der Waals surface area (Å²) in [5.41, 5.74) is 0.657. The molecule has 42 heavy (non-hydrogen) atoms. The molecular formula is C34H41NO5Si2. The average molecular weight is 600 g/mol. The van der Waals surface area contributed by atoms with Gasteiger partial charge in [-0.1, -0.05) is 74.8 Å². The van der Waals surface area contributed by atoms with E-state index >= 15 is 0 Å². The van der Waals surface area contributed by atoms with E-state index in [2.05, 4.69) is 77.2 Å². The number of nitrogens with zero attached hydrogens (tertiary/aromatic N) is 1. The van der Waals surface area contributed by atoms with Crippen LogP contribution in [-0.2, 0) is 26.1 Å². The third-order valence-electron chi connectivity index (χ3n) is 8.46. The van der Waals surface area contributed by atoms with Crippen LogP contribution in [-0.4, -0.2) is 40.5 Å². The highest BCUT2D eigenvalue weighted by Gasteiger charge is 2.75. The highest BCUT2D eigenvalue weighted by Crippen LogP contribution is 2.63. The normalized spacial score (nSPS) is 26.7. The zero-order valence-corrected chi connectivity index (χ0v) is 28.1. The minimum absolute atomic E-state index is 0.105. The number of fused-ring (bicyclic) bond motifs is 1. The lowest BCUT2D eigenvalue weighted by atomic mass is 9.75. The highest BCUT2D eigenvalue weighted by molar-refractivity contribution is 6.74. The maximum absolute atomic E-state index is 13.8. The molecule has 1 amide bonds. The molecule has 0 unspecified atom stereocenters. The van der Waals surface area contributed by atoms with E-state index in [4.69, 9.17) is 18.3 Å². The minimum atomic E-state index is -2.05. The molecule has 2 aromatic rings. The summed E-state index contributed by atoms with van der Waals surface area (Å²) >= 11 is 0. The number of anilines is 1. The fraction of sp³-hybridized carbons (Fsp3) is 0.441. The maximum Gasteiger partial charge on any atom is 0.415 e. The number of benzene rings is 2. The lowest BCUT2D eigenvalue weighted by molar-refractivity contribution is 0.0429. The molecule has 2 heterocycles. The molecule has 5 rings (SSSR count). The van der Waals surface area contributed by atoms with Crippen molar-refractivity contribution in [2.45, 2.75) is 95.4 Å². The van der Waals surface area contributed by atoms with E-state index in [9.17, 15) is 4.79 Å². The van der Waals surface area contributed by atoms with Crippen molar-refractivity contribution in [1.29, 1.82) is 0 Å². The smallest absolute Gasteiger partial charge is 0.415 e. The summed E-state index contributed by atoms with van der Waals surface area (Å²) in [7, 11) is -4.00. The summed E-state index contributed by atoms with van der Waals surface area (Å²) in [5.74, 6) is 13.6. The number of amides is 1. The fourth-order valence-corrected chi connectivity index (χ4v) is 7.92. The van der Waals surface area contributed by atoms with Gasteiger partial charge in [0.2, 0.25) is 8.32 Å². The quantitative estimate of drug-likeness (QED) is 0.197. The van der Waals surface area contributed by atoms with Gasteiger partial charge >= 0.3 is 6.09 Å². The first-order valence-electron chi connectivity index (χ1n) is 14.5. The molecule has 0 spiro atoms. The summed E-state index contributed by atoms with van der Waals surface area (Å²) in [4.78, 5) is 15.4. The average Bonchev–Trinajstić information content (AvgIpc) is 3.66. The molecule has 3 aliphatic rings. The van der Waals surface area contributed by atoms with Crippen LogP contribution in [0.2, 0.25) is 37.8 Å². The van der Waals surface area contributed by atoms with Crippen LogP contribution in [0.5, 0.6) is 5.75 Å². The second kappa shape index (κ2) is 10.5. The van der Waals surface area contributed by atoms with Crippen molar-refractivity contribution < 1.29 is 23.1 Å². The van der Waals surface area contributed by atoms with E-state index in [0.717, 1.165) is 16.9 Å². The van der Waals surface area contributed by atoms with E-state index in [0.29, 0.717) is 5.69 Å². The van der Waals surface area contributed by atoms with Gasteiger partial charge in [-0.3, -0.25) is 4.90 Å². The molecule has 1 fully saturated rings. The van der Waals surface area contributed by atoms with Crippen LogP contribution in [0, 0.1) is 23.7 Å². The van der Waals surface area contributed by atoms with Gasteiger partial charge in [-0.15, -0.1) is 0 Å². The Balaban J connectivity index is 1.42. The Hall–Kier alpha value is -3.28. The summed E-state index contributed by atoms with van der Waals surface area (Å²) < 4.78 is 25.6. The van der Waals surface area contributed by atoms with Gasteiger partial charge in [-0.25, -0.2) is 4.79 Å². The molecule has 1 aliphatic carbocycles. The van der Waals surface area contributed by atoms with Gasteiger partial charge < -0.3 is 18.3 Å². The van der Waals surface area contributed by atoms with E-state index in [1.54, 1.807) is 17.1 Å². The Labute approximate surface area is 252 Å². The van der Waals surface area contributed by atoms with Crippen molar-refractivity contribution in [1.82, 2.24) is 0 Å². The lowest BCUT2D eigenvalue weighted by Crippen LogP contribution is -2.56. The molecule has 2 aromatic carbocycles. The Morgan fingerprint density at radius 3 is 2.33 bits per heavy atom. The molecular weight excluding hydrogens is 559 g/mol. The zero-order chi connectivity index (χ0) is 30.6. The van der Waals surface area contributed by atoms with Crippen molar-refractivity contribution >= 4 is 28.4 Å². The third-order valence-corrected chi connectivity index (χ3v) is 13.8. The number of para-hydroxylation sites is 1. The first kappa shape index (κ1) is 30.2. The van der Waals surface area contributed by atoms with Crippen LogP contribution < -0.4 is 9.33 Å². The summed E-state index contributed by atoms with van der Waals surface area (Å²) in [6.45, 7) is 19.7. The van der Waals surface area contributed by atoms with E-state index in [-0.39, 0.29) is 11.6 Å². The minimum Gasteiger partial charge on any atom is -0.544 e. The molecule has 8 heteroatoms. The number of carbonyl (C=O) groups excluding carboxylic acids is 1. The van der Waals surface area contributed by atoms with E-state index in [1.165, 1.54) is 0 Å². The second-order valence-corrected chi connectivity index (χ2v) is 23.0. The highest BCUT2D eigenvalue weighted by atomic mass is 28.4. The van der Waals surface area contributed by atoms with Gasteiger partial charge in [0.15, 0.2) is 19.5 Å². The van der Waals surface area contributed by atoms with Gasteiger partial charge in [0.05, 0.1) is 5.69 Å². The van der Waals surface area contributed by atoms with Crippen molar-refractivity contribution in [3.63, 3.8) is 0 Å². The molecule has 2 aliphatic heterocycles. The van der Waals surface area contributed by atoms with Crippen molar-refractivity contribution in [3.05, 3.63) is 71.8 Å². The standard InChI is InChI=1S/C34H41NO5Si2/c1-32(2,3)42(8,9)39-26-21-19-25(20-22-26)24-37-31(36)35-28-17-14-13-16-27(28)34-30(38-34)29(35)18-12-10-11-15-23-33(34,4)40-41(5,6)7/h10-11,13-14,16-17,19-22,29-30H,24H2,1-9H3/b11-10-/t29-,30-,33+,34+/m0/s1. The summed E-state index contributed by atoms with van der Waals surface area (Å²) in [5, 5.41) is 0.105. The van der Waals surface area contributed by atoms with Crippen molar-refractivity contribution in [3.8, 4) is 29.4 Å². The van der Waals surface area contributed by atoms with Crippen LogP contribution in [0.15, 0.2) is 60.7 Å². The topological polar surface area (TPSA) is 60.5 Å². The molecule has 2 bridgehead atoms. The Morgan fingerprint density at radius 1 is 1.00 bits per heavy atom. The van der Waals surface area contributed by atoms with Gasteiger partial charge in [-0.05, 0) is 80.6 Å². The molecule has 1 saturated heterocycles. The molecule has 0 N–H and O–H groups in total. The molecule has 0 radical (unpaired) electrons. The van der Waals surface area contributed by atoms with Crippen LogP contribution in [0.4, 0.5) is 10.5 Å². The molecule has 4 atom stereocenters. The van der Waals surface area contributed by atoms with Crippen molar-refractivity contribution in [2.75, 3.05) is 4.90 Å². The summed E-state index contributed by atoms with van der Waals surface area (Å²) in [6, 6.07) is 15.0. The number of ether oxygens (including phenoxy) is 2. The molecule has 0 saturated carbocycles. The molecule has 0 aromatic heterocycles. The van der Waals surface area contributed by atoms with Crippen molar-refractivity contribution in [2.24, 2.45) is 0 Å². The van der Waals surface area contributed by atoms with Crippen LogP contribution in [0.1, 0.15) is 38.8 Å². The molecule has 220 valence electrons. The number of hydrogen-bond acceptors (Lipinski definition) is 5. The maximum atomic E-state index is 13.8. The Morgan fingerprint density at radius 2 is 1.67 bits per heavy atom. The summed E-state index contributed by atoms with van der Waals surface area (Å²) in [6.07, 6.45) is 2.53. The first-order valence-corrected chi connectivity index (χ1v) is 20.8. The number of rotatable bonds is 6. The Bertz CT molecular complexity index is 1530. The largest absolute Gasteiger partial charge is 0.544 e. The predicted octanol–water partition coefficient (Wildman–Crippen LogP) is 7.38. The van der Waals surface area contributed by atoms with Gasteiger partial charge in [0, 0.05) is 5.56 Å². The van der Waals surface area contributed by atoms with Gasteiger partial charge in [0.1, 0.15) is 24.5 Å². The van der Waals surface area contributed by atoms with E-state index in [1.807, 2.05) is 55.5 Å². The number of allylic oxidation sites excluding steroid dienone is 2. The fourth-order valence-electron chi connectivity index (χ4n) is 5.46. The number of carbonyl (C=O) groups is 1. The zero-order valence-electron chi connectivity index (χ0n) is 26.1. The monoisotopic (exact) mass is 599 g/mol. The van der Waals surface area contributed by atoms with E-state index < -0.39 is 46.1 Å². The third kappa shape index (κ3) is 5.45. The van der Waals surface area contributed by atoms with Crippen LogP contribution >= 0.6 is 0 Å². The lowest BCUT2D eigenvalue weighted by Gasteiger charge is -2.42.